The molecular formula is C16H13N3. The molecular weight excluding hydrogens is 234 g/mol. The Morgan fingerprint density at radius 2 is 1.68 bits per heavy atom. The monoisotopic (exact) mass is 247 g/mol. The Morgan fingerprint density at radius 1 is 0.895 bits per heavy atom. The Kier molecular flexibility index (Phi) is 3.28. The molecule has 1 aromatic rings. The number of rotatable bonds is 0. The Hall–Kier alpha value is -2.55. The number of hydrogen-bond donors (Lipinski definition) is 0. The number of allylic oxidation sites excluding steroid dienone is 11. The van der Waals surface area contributed by atoms with Crippen LogP contribution >= 0.6 is 0 Å². The number of nitrogens with zero attached hydrogens (tertiary/aromatic N) is 3. The Bertz CT molecular complexity index is 658. The first-order valence-electron chi connectivity index (χ1n) is 6.19. The molecule has 19 heavy (non-hydrogen) atoms. The maximum absolute atomic E-state index is 4.27. The summed E-state index contributed by atoms with van der Waals surface area (Å²) in [6.07, 6.45) is 22.7. The van der Waals surface area contributed by atoms with Crippen LogP contribution in [0.15, 0.2) is 72.2 Å². The van der Waals surface area contributed by atoms with Crippen molar-refractivity contribution in [1.29, 1.82) is 0 Å². The molecule has 2 aliphatic rings. The molecule has 0 aliphatic heterocycles. The summed E-state index contributed by atoms with van der Waals surface area (Å²) in [7, 11) is 0. The lowest BCUT2D eigenvalue weighted by atomic mass is 9.93. The quantitative estimate of drug-likeness (QED) is 0.707. The van der Waals surface area contributed by atoms with Crippen LogP contribution in [0, 0.1) is 0 Å². The van der Waals surface area contributed by atoms with E-state index < -0.39 is 0 Å². The largest absolute Gasteiger partial charge is 0.233 e. The van der Waals surface area contributed by atoms with Gasteiger partial charge in [0, 0.05) is 6.42 Å². The highest BCUT2D eigenvalue weighted by atomic mass is 15.1. The van der Waals surface area contributed by atoms with Crippen molar-refractivity contribution in [2.75, 3.05) is 0 Å². The zero-order valence-electron chi connectivity index (χ0n) is 10.4. The van der Waals surface area contributed by atoms with E-state index in [9.17, 15) is 0 Å². The van der Waals surface area contributed by atoms with Gasteiger partial charge in [0.2, 0.25) is 0 Å². The van der Waals surface area contributed by atoms with Crippen LogP contribution in [0.2, 0.25) is 0 Å². The average Bonchev–Trinajstić information content (AvgIpc) is 2.49. The molecule has 3 nitrogen and oxygen atoms in total. The first-order chi connectivity index (χ1) is 9.43. The summed E-state index contributed by atoms with van der Waals surface area (Å²) in [5.74, 6) is 0. The number of fused-ring (bicyclic) bond motifs is 2. The summed E-state index contributed by atoms with van der Waals surface area (Å²) in [4.78, 5) is 4.27. The second kappa shape index (κ2) is 5.40. The van der Waals surface area contributed by atoms with Gasteiger partial charge in [-0.05, 0) is 17.2 Å². The molecule has 0 amide bonds. The van der Waals surface area contributed by atoms with E-state index in [4.69, 9.17) is 0 Å². The summed E-state index contributed by atoms with van der Waals surface area (Å²) >= 11 is 0. The van der Waals surface area contributed by atoms with Gasteiger partial charge in [0.15, 0.2) is 0 Å². The average molecular weight is 247 g/mol. The van der Waals surface area contributed by atoms with Crippen LogP contribution in [0.25, 0.3) is 6.08 Å². The zero-order valence-corrected chi connectivity index (χ0v) is 10.4. The molecule has 0 unspecified atom stereocenters. The molecule has 3 heteroatoms. The second-order valence-electron chi connectivity index (χ2n) is 4.27. The topological polar surface area (TPSA) is 38.7 Å². The summed E-state index contributed by atoms with van der Waals surface area (Å²) in [5.41, 5.74) is 4.24. The van der Waals surface area contributed by atoms with Crippen LogP contribution in [0.3, 0.4) is 0 Å². The fourth-order valence-electron chi connectivity index (χ4n) is 2.04. The van der Waals surface area contributed by atoms with Crippen LogP contribution in [0.4, 0.5) is 0 Å². The summed E-state index contributed by atoms with van der Waals surface area (Å²) in [6.45, 7) is 0. The third-order valence-electron chi connectivity index (χ3n) is 2.98. The van der Waals surface area contributed by atoms with Gasteiger partial charge in [0.1, 0.15) is 6.33 Å². The first-order valence-corrected chi connectivity index (χ1v) is 6.19. The normalized spacial score (nSPS) is 17.1. The van der Waals surface area contributed by atoms with Gasteiger partial charge in [0.05, 0.1) is 11.4 Å². The van der Waals surface area contributed by atoms with Crippen molar-refractivity contribution in [3.63, 3.8) is 0 Å². The molecule has 0 fully saturated rings. The molecule has 1 heterocycles. The molecule has 2 aliphatic carbocycles. The summed E-state index contributed by atoms with van der Waals surface area (Å²) in [6, 6.07) is 0. The fourth-order valence-corrected chi connectivity index (χ4v) is 2.04. The van der Waals surface area contributed by atoms with E-state index in [0.717, 1.165) is 17.8 Å². The third-order valence-corrected chi connectivity index (χ3v) is 2.98. The molecule has 3 rings (SSSR count). The lowest BCUT2D eigenvalue weighted by Crippen LogP contribution is -2.07. The smallest absolute Gasteiger partial charge is 0.138 e. The van der Waals surface area contributed by atoms with E-state index in [2.05, 4.69) is 33.4 Å². The van der Waals surface area contributed by atoms with E-state index in [-0.39, 0.29) is 0 Å². The van der Waals surface area contributed by atoms with Crippen molar-refractivity contribution in [1.82, 2.24) is 15.2 Å². The van der Waals surface area contributed by atoms with Crippen LogP contribution in [0.1, 0.15) is 11.4 Å². The molecule has 92 valence electrons. The molecule has 0 radical (unpaired) electrons. The maximum atomic E-state index is 4.27. The summed E-state index contributed by atoms with van der Waals surface area (Å²) < 4.78 is 0. The third kappa shape index (κ3) is 2.65. The van der Waals surface area contributed by atoms with E-state index in [1.807, 2.05) is 42.5 Å². The molecule has 0 spiro atoms. The predicted molar refractivity (Wildman–Crippen MR) is 76.2 cm³/mol. The first kappa shape index (κ1) is 11.5. The van der Waals surface area contributed by atoms with Crippen LogP contribution in [0.5, 0.6) is 0 Å². The molecule has 0 bridgehead atoms. The van der Waals surface area contributed by atoms with E-state index in [0.29, 0.717) is 0 Å². The minimum atomic E-state index is 0.768. The van der Waals surface area contributed by atoms with Crippen molar-refractivity contribution >= 4 is 6.08 Å². The van der Waals surface area contributed by atoms with Crippen molar-refractivity contribution in [3.8, 4) is 0 Å². The Balaban J connectivity index is 2.07. The second-order valence-corrected chi connectivity index (χ2v) is 4.27. The van der Waals surface area contributed by atoms with Gasteiger partial charge >= 0.3 is 0 Å². The minimum Gasteiger partial charge on any atom is -0.233 e. The van der Waals surface area contributed by atoms with Gasteiger partial charge in [-0.25, -0.2) is 4.98 Å². The van der Waals surface area contributed by atoms with Crippen LogP contribution < -0.4 is 0 Å². The highest BCUT2D eigenvalue weighted by Crippen LogP contribution is 2.26. The van der Waals surface area contributed by atoms with Crippen molar-refractivity contribution < 1.29 is 0 Å². The lowest BCUT2D eigenvalue weighted by molar-refractivity contribution is 0.872. The van der Waals surface area contributed by atoms with E-state index >= 15 is 0 Å². The van der Waals surface area contributed by atoms with Crippen LogP contribution in [-0.4, -0.2) is 15.2 Å². The predicted octanol–water partition coefficient (Wildman–Crippen LogP) is 2.98. The molecule has 1 aromatic heterocycles. The van der Waals surface area contributed by atoms with Gasteiger partial charge in [-0.15, -0.1) is 5.10 Å². The molecule has 0 N–H and O–H groups in total. The van der Waals surface area contributed by atoms with Gasteiger partial charge in [-0.1, -0.05) is 54.7 Å². The Morgan fingerprint density at radius 3 is 2.58 bits per heavy atom. The van der Waals surface area contributed by atoms with E-state index in [1.54, 1.807) is 0 Å². The van der Waals surface area contributed by atoms with Crippen molar-refractivity contribution in [3.05, 3.63) is 83.5 Å². The minimum absolute atomic E-state index is 0.768. The standard InChI is InChI=1S/C16H13N3/c1-2-4-6-8-13-10-15-16(19-18-12-17-15)11-14(13)9-7-5-3-1/h1-10,12H,11H2. The molecule has 0 saturated heterocycles. The summed E-state index contributed by atoms with van der Waals surface area (Å²) in [5, 5.41) is 8.00. The van der Waals surface area contributed by atoms with Gasteiger partial charge in [-0.2, -0.15) is 5.10 Å². The van der Waals surface area contributed by atoms with Crippen molar-refractivity contribution in [2.45, 2.75) is 6.42 Å². The fraction of sp³-hybridized carbons (Fsp3) is 0.0625. The molecule has 0 saturated carbocycles. The number of aromatic nitrogens is 3. The highest BCUT2D eigenvalue weighted by Gasteiger charge is 2.15. The van der Waals surface area contributed by atoms with Crippen LogP contribution in [-0.2, 0) is 6.42 Å². The molecule has 0 atom stereocenters. The highest BCUT2D eigenvalue weighted by molar-refractivity contribution is 5.66. The lowest BCUT2D eigenvalue weighted by Gasteiger charge is -2.14. The number of hydrogen-bond acceptors (Lipinski definition) is 3. The van der Waals surface area contributed by atoms with Crippen molar-refractivity contribution in [2.24, 2.45) is 0 Å². The molecule has 0 aromatic carbocycles. The maximum Gasteiger partial charge on any atom is 0.138 e. The zero-order chi connectivity index (χ0) is 12.9. The van der Waals surface area contributed by atoms with Gasteiger partial charge < -0.3 is 0 Å². The van der Waals surface area contributed by atoms with Gasteiger partial charge in [-0.3, -0.25) is 0 Å². The Labute approximate surface area is 112 Å². The SMILES string of the molecule is C1=CC=CC=C2Cc3nncnc3C=C2C=CC=C1. The van der Waals surface area contributed by atoms with E-state index in [1.165, 1.54) is 17.5 Å². The van der Waals surface area contributed by atoms with Gasteiger partial charge in [0.25, 0.3) is 0 Å².